The highest BCUT2D eigenvalue weighted by atomic mass is 16.6. The molecule has 68 valence electrons. The summed E-state index contributed by atoms with van der Waals surface area (Å²) >= 11 is 0. The fraction of sp³-hybridized carbons (Fsp3) is 0.333. The molecule has 0 aliphatic heterocycles. The lowest BCUT2D eigenvalue weighted by atomic mass is 10.3. The van der Waals surface area contributed by atoms with Gasteiger partial charge in [-0.25, -0.2) is 11.7 Å². The molecule has 0 aromatic carbocycles. The first kappa shape index (κ1) is 10.3. The molecule has 0 aliphatic carbocycles. The monoisotopic (exact) mass is 177 g/mol. The van der Waals surface area contributed by atoms with Gasteiger partial charge in [0.25, 0.3) is 0 Å². The second kappa shape index (κ2) is 4.20. The molecule has 9 heteroatoms. The number of carbonyl (C=O) groups is 2. The minimum atomic E-state index is -2.11. The Bertz CT molecular complexity index is 199. The summed E-state index contributed by atoms with van der Waals surface area (Å²) in [5.74, 6) is 6.69. The third kappa shape index (κ3) is 2.14. The maximum absolute atomic E-state index is 10.6. The van der Waals surface area contributed by atoms with Crippen LogP contribution in [0.25, 0.3) is 0 Å². The summed E-state index contributed by atoms with van der Waals surface area (Å²) in [6, 6.07) is -2.11. The lowest BCUT2D eigenvalue weighted by Crippen LogP contribution is -2.53. The summed E-state index contributed by atoms with van der Waals surface area (Å²) in [4.78, 5) is 30.1. The average Bonchev–Trinajstić information content (AvgIpc) is 2.03. The number of carbonyl (C=O) groups excluding carboxylic acids is 2. The number of nitro groups is 1. The Morgan fingerprint density at radius 2 is 1.58 bits per heavy atom. The minimum Gasteiger partial charge on any atom is -0.288 e. The van der Waals surface area contributed by atoms with E-state index in [1.54, 1.807) is 0 Å². The van der Waals surface area contributed by atoms with Crippen molar-refractivity contribution in [1.29, 1.82) is 0 Å². The molecule has 0 rings (SSSR count). The van der Waals surface area contributed by atoms with E-state index in [0.29, 0.717) is 0 Å². The van der Waals surface area contributed by atoms with E-state index >= 15 is 0 Å². The second-order valence-corrected chi connectivity index (χ2v) is 1.71. The van der Waals surface area contributed by atoms with Crippen LogP contribution < -0.4 is 22.5 Å². The average molecular weight is 177 g/mol. The fourth-order valence-electron chi connectivity index (χ4n) is 0.468. The van der Waals surface area contributed by atoms with E-state index in [4.69, 9.17) is 0 Å². The molecule has 0 heterocycles. The first-order chi connectivity index (χ1) is 5.54. The van der Waals surface area contributed by atoms with Crippen molar-refractivity contribution in [3.63, 3.8) is 0 Å². The number of nitrogens with two attached hydrogens (primary N) is 2. The molecule has 0 saturated heterocycles. The lowest BCUT2D eigenvalue weighted by Gasteiger charge is -2.04. The third-order valence-electron chi connectivity index (χ3n) is 0.992. The van der Waals surface area contributed by atoms with Crippen molar-refractivity contribution in [2.45, 2.75) is 6.04 Å². The molecule has 12 heavy (non-hydrogen) atoms. The van der Waals surface area contributed by atoms with Gasteiger partial charge in [-0.15, -0.1) is 0 Å². The van der Waals surface area contributed by atoms with Crippen molar-refractivity contribution in [2.24, 2.45) is 11.7 Å². The number of nitrogens with one attached hydrogen (secondary N) is 2. The van der Waals surface area contributed by atoms with Gasteiger partial charge in [0.05, 0.1) is 0 Å². The predicted octanol–water partition coefficient (Wildman–Crippen LogP) is -3.39. The van der Waals surface area contributed by atoms with Crippen molar-refractivity contribution < 1.29 is 14.5 Å². The maximum atomic E-state index is 10.6. The molecule has 0 aromatic rings. The molecule has 6 N–H and O–H groups in total. The molecular formula is C3H7N5O4. The third-order valence-corrected chi connectivity index (χ3v) is 0.992. The molecule has 0 radical (unpaired) electrons. The van der Waals surface area contributed by atoms with Crippen molar-refractivity contribution >= 4 is 11.8 Å². The number of amides is 2. The molecule has 0 aromatic heterocycles. The summed E-state index contributed by atoms with van der Waals surface area (Å²) < 4.78 is 0. The molecule has 2 amide bonds. The van der Waals surface area contributed by atoms with Gasteiger partial charge >= 0.3 is 17.9 Å². The quantitative estimate of drug-likeness (QED) is 0.116. The van der Waals surface area contributed by atoms with Gasteiger partial charge in [0.1, 0.15) is 0 Å². The second-order valence-electron chi connectivity index (χ2n) is 1.71. The van der Waals surface area contributed by atoms with Crippen LogP contribution in [-0.2, 0) is 9.59 Å². The molecule has 0 atom stereocenters. The predicted molar refractivity (Wildman–Crippen MR) is 35.4 cm³/mol. The van der Waals surface area contributed by atoms with E-state index < -0.39 is 22.8 Å². The normalized spacial score (nSPS) is 9.25. The van der Waals surface area contributed by atoms with Crippen LogP contribution in [-0.4, -0.2) is 22.8 Å². The Kier molecular flexibility index (Phi) is 3.59. The standard InChI is InChI=1S/C3H7N5O4/c4-6-2(9)1(8(11)12)3(10)7-5/h1H,4-5H2,(H,6,9)(H,7,10). The smallest absolute Gasteiger partial charge is 0.288 e. The largest absolute Gasteiger partial charge is 0.368 e. The van der Waals surface area contributed by atoms with Gasteiger partial charge in [0.15, 0.2) is 0 Å². The number of hydrazine groups is 2. The van der Waals surface area contributed by atoms with Gasteiger partial charge in [-0.2, -0.15) is 0 Å². The van der Waals surface area contributed by atoms with E-state index in [9.17, 15) is 19.7 Å². The van der Waals surface area contributed by atoms with Gasteiger partial charge in [0, 0.05) is 4.92 Å². The number of hydrogen-bond donors (Lipinski definition) is 4. The Morgan fingerprint density at radius 1 is 1.25 bits per heavy atom. The van der Waals surface area contributed by atoms with Crippen LogP contribution >= 0.6 is 0 Å². The number of nitrogens with zero attached hydrogens (tertiary/aromatic N) is 1. The highest BCUT2D eigenvalue weighted by Crippen LogP contribution is 1.88. The highest BCUT2D eigenvalue weighted by molar-refractivity contribution is 6.02. The van der Waals surface area contributed by atoms with Crippen molar-refractivity contribution in [3.05, 3.63) is 10.1 Å². The molecule has 0 bridgehead atoms. The van der Waals surface area contributed by atoms with Crippen LogP contribution in [0.2, 0.25) is 0 Å². The molecule has 0 spiro atoms. The zero-order chi connectivity index (χ0) is 9.72. The molecule has 9 nitrogen and oxygen atoms in total. The molecule has 0 aliphatic rings. The van der Waals surface area contributed by atoms with E-state index in [1.807, 2.05) is 0 Å². The van der Waals surface area contributed by atoms with Crippen LogP contribution in [0.15, 0.2) is 0 Å². The zero-order valence-corrected chi connectivity index (χ0v) is 5.81. The SMILES string of the molecule is NNC(=O)C(C(=O)NN)[N+](=O)[O-]. The summed E-state index contributed by atoms with van der Waals surface area (Å²) in [7, 11) is 0. The molecule has 0 fully saturated rings. The topological polar surface area (TPSA) is 153 Å². The van der Waals surface area contributed by atoms with Crippen molar-refractivity contribution in [2.75, 3.05) is 0 Å². The number of hydrogen-bond acceptors (Lipinski definition) is 6. The van der Waals surface area contributed by atoms with E-state index in [-0.39, 0.29) is 0 Å². The highest BCUT2D eigenvalue weighted by Gasteiger charge is 2.36. The van der Waals surface area contributed by atoms with E-state index in [1.165, 1.54) is 10.9 Å². The summed E-state index contributed by atoms with van der Waals surface area (Å²) in [6.45, 7) is 0. The summed E-state index contributed by atoms with van der Waals surface area (Å²) in [5.41, 5.74) is 2.93. The van der Waals surface area contributed by atoms with Crippen LogP contribution in [0.4, 0.5) is 0 Å². The van der Waals surface area contributed by atoms with Crippen LogP contribution in [0.1, 0.15) is 0 Å². The van der Waals surface area contributed by atoms with E-state index in [0.717, 1.165) is 0 Å². The number of rotatable bonds is 3. The van der Waals surface area contributed by atoms with Gasteiger partial charge < -0.3 is 0 Å². The van der Waals surface area contributed by atoms with Crippen LogP contribution in [0.3, 0.4) is 0 Å². The minimum absolute atomic E-state index is 1.11. The Balaban J connectivity index is 4.55. The van der Waals surface area contributed by atoms with Crippen LogP contribution in [0.5, 0.6) is 0 Å². The molecule has 0 unspecified atom stereocenters. The van der Waals surface area contributed by atoms with Crippen molar-refractivity contribution in [1.82, 2.24) is 10.9 Å². The molecular weight excluding hydrogens is 170 g/mol. The Labute approximate surface area is 66.2 Å². The first-order valence-corrected chi connectivity index (χ1v) is 2.69. The van der Waals surface area contributed by atoms with Gasteiger partial charge in [-0.1, -0.05) is 0 Å². The van der Waals surface area contributed by atoms with Gasteiger partial charge in [-0.05, 0) is 0 Å². The zero-order valence-electron chi connectivity index (χ0n) is 5.81. The molecule has 0 saturated carbocycles. The van der Waals surface area contributed by atoms with Gasteiger partial charge in [-0.3, -0.25) is 30.6 Å². The summed E-state index contributed by atoms with van der Waals surface area (Å²) in [6.07, 6.45) is 0. The van der Waals surface area contributed by atoms with Gasteiger partial charge in [0.2, 0.25) is 0 Å². The lowest BCUT2D eigenvalue weighted by molar-refractivity contribution is -0.494. The first-order valence-electron chi connectivity index (χ1n) is 2.69. The summed E-state index contributed by atoms with van der Waals surface area (Å²) in [5, 5.41) is 10.1. The Morgan fingerprint density at radius 3 is 1.75 bits per heavy atom. The maximum Gasteiger partial charge on any atom is 0.368 e. The Hall–Kier alpha value is -1.74. The van der Waals surface area contributed by atoms with Crippen LogP contribution in [0, 0.1) is 10.1 Å². The van der Waals surface area contributed by atoms with E-state index in [2.05, 4.69) is 11.7 Å². The fourth-order valence-corrected chi connectivity index (χ4v) is 0.468. The van der Waals surface area contributed by atoms with Crippen molar-refractivity contribution in [3.8, 4) is 0 Å².